The quantitative estimate of drug-likeness (QED) is 0.751. The molecule has 0 saturated heterocycles. The van der Waals surface area contributed by atoms with Crippen molar-refractivity contribution in [3.05, 3.63) is 24.3 Å². The fraction of sp³-hybridized carbons (Fsp3) is 0.438. The van der Waals surface area contributed by atoms with Gasteiger partial charge < -0.3 is 15.0 Å². The van der Waals surface area contributed by atoms with Gasteiger partial charge in [-0.1, -0.05) is 25.1 Å². The van der Waals surface area contributed by atoms with Gasteiger partial charge in [0.1, 0.15) is 5.75 Å². The van der Waals surface area contributed by atoms with Crippen LogP contribution in [0, 0.1) is 0 Å². The molecule has 0 aliphatic rings. The molecule has 6 nitrogen and oxygen atoms in total. The highest BCUT2D eigenvalue weighted by atomic mass is 32.2. The summed E-state index contributed by atoms with van der Waals surface area (Å²) in [7, 11) is 1.64. The van der Waals surface area contributed by atoms with Gasteiger partial charge in [0, 0.05) is 12.1 Å². The molecule has 0 spiro atoms. The van der Waals surface area contributed by atoms with E-state index in [9.17, 15) is 4.79 Å². The van der Waals surface area contributed by atoms with Crippen molar-refractivity contribution in [3.8, 4) is 17.1 Å². The number of hydrogen-bond donors (Lipinski definition) is 1. The number of benzene rings is 1. The number of amides is 1. The summed E-state index contributed by atoms with van der Waals surface area (Å²) in [6.07, 6.45) is 2.08. The Morgan fingerprint density at radius 3 is 2.61 bits per heavy atom. The van der Waals surface area contributed by atoms with Crippen LogP contribution in [-0.4, -0.2) is 33.0 Å². The predicted molar refractivity (Wildman–Crippen MR) is 91.4 cm³/mol. The molecule has 0 bridgehead atoms. The summed E-state index contributed by atoms with van der Waals surface area (Å²) in [5, 5.41) is 8.93. The number of nitrogens with zero attached hydrogens (tertiary/aromatic N) is 3. The number of ether oxygens (including phenoxy) is 1. The lowest BCUT2D eigenvalue weighted by molar-refractivity contribution is -0.117. The molecule has 2 rings (SSSR count). The molecule has 1 atom stereocenters. The Morgan fingerprint density at radius 1 is 1.35 bits per heavy atom. The standard InChI is InChI=1S/C16H22N4O2S/c1-4-5-10-20-15(12-6-8-13(22-3)9-7-12)18-19-16(20)23-11(2)14(17)21/h6-9,11H,4-5,10H2,1-3H3,(H2,17,21)/t11-/m1/s1. The maximum atomic E-state index is 11.3. The number of unbranched alkanes of at least 4 members (excludes halogenated alkanes) is 1. The second-order valence-corrected chi connectivity index (χ2v) is 6.51. The van der Waals surface area contributed by atoms with Crippen molar-refractivity contribution in [1.29, 1.82) is 0 Å². The third-order valence-corrected chi connectivity index (χ3v) is 4.58. The summed E-state index contributed by atoms with van der Waals surface area (Å²) >= 11 is 1.34. The van der Waals surface area contributed by atoms with Crippen molar-refractivity contribution >= 4 is 17.7 Å². The van der Waals surface area contributed by atoms with Crippen LogP contribution in [0.4, 0.5) is 0 Å². The first-order valence-electron chi connectivity index (χ1n) is 7.60. The normalized spacial score (nSPS) is 12.1. The molecule has 7 heteroatoms. The summed E-state index contributed by atoms with van der Waals surface area (Å²) < 4.78 is 7.24. The molecule has 124 valence electrons. The van der Waals surface area contributed by atoms with Gasteiger partial charge in [0.25, 0.3) is 0 Å². The second-order valence-electron chi connectivity index (χ2n) is 5.20. The lowest BCUT2D eigenvalue weighted by Crippen LogP contribution is -2.23. The van der Waals surface area contributed by atoms with Gasteiger partial charge in [0.05, 0.1) is 12.4 Å². The second kappa shape index (κ2) is 8.01. The van der Waals surface area contributed by atoms with Crippen molar-refractivity contribution in [2.75, 3.05) is 7.11 Å². The molecular weight excluding hydrogens is 312 g/mol. The highest BCUT2D eigenvalue weighted by Gasteiger charge is 2.19. The average molecular weight is 334 g/mol. The summed E-state index contributed by atoms with van der Waals surface area (Å²) in [5.41, 5.74) is 6.32. The molecule has 2 N–H and O–H groups in total. The van der Waals surface area contributed by atoms with E-state index in [4.69, 9.17) is 10.5 Å². The summed E-state index contributed by atoms with van der Waals surface area (Å²) in [6, 6.07) is 7.70. The SMILES string of the molecule is CCCCn1c(S[C@H](C)C(N)=O)nnc1-c1ccc(OC)cc1. The van der Waals surface area contributed by atoms with Crippen LogP contribution in [0.15, 0.2) is 29.4 Å². The number of primary amides is 1. The predicted octanol–water partition coefficient (Wildman–Crippen LogP) is 2.72. The van der Waals surface area contributed by atoms with Crippen molar-refractivity contribution in [3.63, 3.8) is 0 Å². The number of methoxy groups -OCH3 is 1. The number of thioether (sulfide) groups is 1. The highest BCUT2D eigenvalue weighted by Crippen LogP contribution is 2.28. The van der Waals surface area contributed by atoms with Gasteiger partial charge in [-0.25, -0.2) is 0 Å². The summed E-state index contributed by atoms with van der Waals surface area (Å²) in [5.74, 6) is 1.23. The smallest absolute Gasteiger partial charge is 0.230 e. The van der Waals surface area contributed by atoms with Crippen LogP contribution in [0.1, 0.15) is 26.7 Å². The monoisotopic (exact) mass is 334 g/mol. The van der Waals surface area contributed by atoms with Gasteiger partial charge in [-0.3, -0.25) is 4.79 Å². The summed E-state index contributed by atoms with van der Waals surface area (Å²) in [6.45, 7) is 4.72. The minimum absolute atomic E-state index is 0.344. The minimum Gasteiger partial charge on any atom is -0.497 e. The van der Waals surface area contributed by atoms with E-state index in [0.717, 1.165) is 41.7 Å². The first-order valence-corrected chi connectivity index (χ1v) is 8.48. The minimum atomic E-state index is -0.356. The fourth-order valence-electron chi connectivity index (χ4n) is 2.06. The highest BCUT2D eigenvalue weighted by molar-refractivity contribution is 8.00. The van der Waals surface area contributed by atoms with Crippen molar-refractivity contribution < 1.29 is 9.53 Å². The third kappa shape index (κ3) is 4.25. The first-order chi connectivity index (χ1) is 11.1. The number of hydrogen-bond acceptors (Lipinski definition) is 5. The first kappa shape index (κ1) is 17.3. The Hall–Kier alpha value is -2.02. The van der Waals surface area contributed by atoms with E-state index in [0.29, 0.717) is 0 Å². The van der Waals surface area contributed by atoms with E-state index in [1.54, 1.807) is 14.0 Å². The van der Waals surface area contributed by atoms with E-state index < -0.39 is 0 Å². The Morgan fingerprint density at radius 2 is 2.04 bits per heavy atom. The van der Waals surface area contributed by atoms with Crippen LogP contribution >= 0.6 is 11.8 Å². The molecule has 0 radical (unpaired) electrons. The zero-order valence-electron chi connectivity index (χ0n) is 13.7. The molecule has 1 aromatic heterocycles. The molecular formula is C16H22N4O2S. The van der Waals surface area contributed by atoms with E-state index >= 15 is 0 Å². The fourth-order valence-corrected chi connectivity index (χ4v) is 2.89. The molecule has 0 saturated carbocycles. The largest absolute Gasteiger partial charge is 0.497 e. The van der Waals surface area contributed by atoms with E-state index in [-0.39, 0.29) is 11.2 Å². The number of nitrogens with two attached hydrogens (primary N) is 1. The molecule has 0 aliphatic carbocycles. The average Bonchev–Trinajstić information content (AvgIpc) is 2.95. The zero-order chi connectivity index (χ0) is 16.8. The van der Waals surface area contributed by atoms with Crippen LogP contribution < -0.4 is 10.5 Å². The maximum absolute atomic E-state index is 11.3. The van der Waals surface area contributed by atoms with Gasteiger partial charge in [-0.2, -0.15) is 0 Å². The van der Waals surface area contributed by atoms with E-state index in [1.807, 2.05) is 24.3 Å². The van der Waals surface area contributed by atoms with Gasteiger partial charge in [0.2, 0.25) is 5.91 Å². The maximum Gasteiger partial charge on any atom is 0.230 e. The summed E-state index contributed by atoms with van der Waals surface area (Å²) in [4.78, 5) is 11.3. The Labute approximate surface area is 140 Å². The third-order valence-electron chi connectivity index (χ3n) is 3.48. The Bertz CT molecular complexity index is 655. The van der Waals surface area contributed by atoms with Crippen LogP contribution in [0.5, 0.6) is 5.75 Å². The van der Waals surface area contributed by atoms with Crippen LogP contribution in [-0.2, 0) is 11.3 Å². The molecule has 0 aliphatic heterocycles. The molecule has 1 aromatic carbocycles. The van der Waals surface area contributed by atoms with E-state index in [1.165, 1.54) is 11.8 Å². The number of aromatic nitrogens is 3. The lowest BCUT2D eigenvalue weighted by Gasteiger charge is -2.11. The number of carbonyl (C=O) groups is 1. The van der Waals surface area contributed by atoms with Gasteiger partial charge in [-0.05, 0) is 37.6 Å². The van der Waals surface area contributed by atoms with Crippen LogP contribution in [0.25, 0.3) is 11.4 Å². The number of rotatable bonds is 8. The van der Waals surface area contributed by atoms with Crippen molar-refractivity contribution in [2.45, 2.75) is 43.6 Å². The molecule has 23 heavy (non-hydrogen) atoms. The van der Waals surface area contributed by atoms with Gasteiger partial charge in [-0.15, -0.1) is 10.2 Å². The molecule has 0 fully saturated rings. The van der Waals surface area contributed by atoms with Crippen molar-refractivity contribution in [2.24, 2.45) is 5.73 Å². The molecule has 1 amide bonds. The van der Waals surface area contributed by atoms with Gasteiger partial charge >= 0.3 is 0 Å². The molecule has 1 heterocycles. The Kier molecular flexibility index (Phi) is 6.04. The topological polar surface area (TPSA) is 83.0 Å². The van der Waals surface area contributed by atoms with Gasteiger partial charge in [0.15, 0.2) is 11.0 Å². The molecule has 2 aromatic rings. The zero-order valence-corrected chi connectivity index (χ0v) is 14.5. The van der Waals surface area contributed by atoms with Crippen molar-refractivity contribution in [1.82, 2.24) is 14.8 Å². The number of carbonyl (C=O) groups excluding carboxylic acids is 1. The van der Waals surface area contributed by atoms with Crippen LogP contribution in [0.3, 0.4) is 0 Å². The van der Waals surface area contributed by atoms with E-state index in [2.05, 4.69) is 21.7 Å². The Balaban J connectivity index is 2.34. The lowest BCUT2D eigenvalue weighted by atomic mass is 10.2. The molecule has 0 unspecified atom stereocenters. The van der Waals surface area contributed by atoms with Crippen LogP contribution in [0.2, 0.25) is 0 Å².